The Hall–Kier alpha value is -2.27. The molecule has 1 saturated heterocycles. The summed E-state index contributed by atoms with van der Waals surface area (Å²) in [6.45, 7) is 9.74. The van der Waals surface area contributed by atoms with Crippen molar-refractivity contribution in [1.29, 1.82) is 0 Å². The number of ether oxygens (including phenoxy) is 1. The molecule has 0 spiro atoms. The molecule has 0 radical (unpaired) electrons. The van der Waals surface area contributed by atoms with Gasteiger partial charge in [0, 0.05) is 18.5 Å². The fourth-order valence-corrected chi connectivity index (χ4v) is 3.71. The first-order valence-corrected chi connectivity index (χ1v) is 9.65. The molecular weight excluding hydrogens is 340 g/mol. The highest BCUT2D eigenvalue weighted by atomic mass is 16.6. The van der Waals surface area contributed by atoms with Crippen LogP contribution in [0.3, 0.4) is 0 Å². The predicted molar refractivity (Wildman–Crippen MR) is 105 cm³/mol. The molecule has 5 nitrogen and oxygen atoms in total. The molecule has 1 N–H and O–H groups in total. The Kier molecular flexibility index (Phi) is 5.90. The molecular formula is C22H30N2O3. The number of furan rings is 1. The molecule has 1 aromatic heterocycles. The van der Waals surface area contributed by atoms with Crippen molar-refractivity contribution in [3.05, 3.63) is 60.1 Å². The number of alkyl carbamates (subject to hydrolysis) is 1. The lowest BCUT2D eigenvalue weighted by Gasteiger charge is -2.28. The summed E-state index contributed by atoms with van der Waals surface area (Å²) in [5.41, 5.74) is 0.786. The minimum absolute atomic E-state index is 0.192. The summed E-state index contributed by atoms with van der Waals surface area (Å²) < 4.78 is 11.1. The van der Waals surface area contributed by atoms with Crippen LogP contribution in [0.1, 0.15) is 57.5 Å². The van der Waals surface area contributed by atoms with Crippen molar-refractivity contribution in [3.8, 4) is 0 Å². The summed E-state index contributed by atoms with van der Waals surface area (Å²) in [7, 11) is 0. The fraction of sp³-hybridized carbons (Fsp3) is 0.500. The standard InChI is InChI=1S/C22H30N2O3/c1-16(17-9-6-5-7-10-17)24-13-12-18(15-24)20(19-11-8-14-26-19)23-21(25)27-22(2,3)4/h5-11,14,16,18,20H,12-13,15H2,1-4H3,(H,23,25)/t16-,18-,20?/m1/s1. The van der Waals surface area contributed by atoms with E-state index in [1.165, 1.54) is 5.56 Å². The van der Waals surface area contributed by atoms with Gasteiger partial charge in [0.15, 0.2) is 0 Å². The molecule has 146 valence electrons. The number of nitrogens with zero attached hydrogens (tertiary/aromatic N) is 1. The normalized spacial score (nSPS) is 20.2. The Morgan fingerprint density at radius 1 is 1.22 bits per heavy atom. The predicted octanol–water partition coefficient (Wildman–Crippen LogP) is 4.93. The Bertz CT molecular complexity index is 722. The number of carbonyl (C=O) groups excluding carboxylic acids is 1. The Labute approximate surface area is 161 Å². The third-order valence-electron chi connectivity index (χ3n) is 5.08. The zero-order valence-corrected chi connectivity index (χ0v) is 16.6. The molecule has 1 aliphatic rings. The lowest BCUT2D eigenvalue weighted by Crippen LogP contribution is -2.38. The Balaban J connectivity index is 1.70. The quantitative estimate of drug-likeness (QED) is 0.811. The lowest BCUT2D eigenvalue weighted by molar-refractivity contribution is 0.0475. The molecule has 0 bridgehead atoms. The second-order valence-corrected chi connectivity index (χ2v) is 8.27. The number of amides is 1. The lowest BCUT2D eigenvalue weighted by atomic mass is 9.96. The van der Waals surface area contributed by atoms with E-state index in [0.717, 1.165) is 25.3 Å². The number of benzene rings is 1. The molecule has 2 heterocycles. The summed E-state index contributed by atoms with van der Waals surface area (Å²) in [5, 5.41) is 3.04. The summed E-state index contributed by atoms with van der Waals surface area (Å²) in [4.78, 5) is 14.8. The highest BCUT2D eigenvalue weighted by Crippen LogP contribution is 2.34. The molecule has 0 saturated carbocycles. The van der Waals surface area contributed by atoms with Gasteiger partial charge in [-0.25, -0.2) is 4.79 Å². The van der Waals surface area contributed by atoms with Crippen LogP contribution in [0.25, 0.3) is 0 Å². The van der Waals surface area contributed by atoms with Crippen LogP contribution in [-0.4, -0.2) is 29.7 Å². The summed E-state index contributed by atoms with van der Waals surface area (Å²) in [6.07, 6.45) is 2.25. The molecule has 3 rings (SSSR count). The van der Waals surface area contributed by atoms with Crippen LogP contribution in [-0.2, 0) is 4.74 Å². The number of hydrogen-bond donors (Lipinski definition) is 1. The highest BCUT2D eigenvalue weighted by Gasteiger charge is 2.35. The molecule has 27 heavy (non-hydrogen) atoms. The maximum absolute atomic E-state index is 12.4. The number of carbonyl (C=O) groups is 1. The average Bonchev–Trinajstić information content (AvgIpc) is 3.30. The van der Waals surface area contributed by atoms with Crippen LogP contribution in [0, 0.1) is 5.92 Å². The van der Waals surface area contributed by atoms with E-state index in [1.807, 2.05) is 39.0 Å². The first-order valence-electron chi connectivity index (χ1n) is 9.65. The SMILES string of the molecule is C[C@H](c1ccccc1)N1CC[C@@H](C(NC(=O)OC(C)(C)C)c2ccco2)C1. The largest absolute Gasteiger partial charge is 0.467 e. The van der Waals surface area contributed by atoms with Crippen molar-refractivity contribution in [2.24, 2.45) is 5.92 Å². The number of rotatable bonds is 5. The van der Waals surface area contributed by atoms with Gasteiger partial charge in [0.25, 0.3) is 0 Å². The zero-order chi connectivity index (χ0) is 19.4. The van der Waals surface area contributed by atoms with Crippen LogP contribution in [0.15, 0.2) is 53.1 Å². The van der Waals surface area contributed by atoms with Gasteiger partial charge in [-0.1, -0.05) is 30.3 Å². The molecule has 1 unspecified atom stereocenters. The van der Waals surface area contributed by atoms with Crippen LogP contribution in [0.4, 0.5) is 4.79 Å². The van der Waals surface area contributed by atoms with Crippen molar-refractivity contribution < 1.29 is 13.9 Å². The van der Waals surface area contributed by atoms with Crippen molar-refractivity contribution in [1.82, 2.24) is 10.2 Å². The summed E-state index contributed by atoms with van der Waals surface area (Å²) in [5.74, 6) is 1.05. The summed E-state index contributed by atoms with van der Waals surface area (Å²) in [6, 6.07) is 14.5. The van der Waals surface area contributed by atoms with Gasteiger partial charge in [-0.05, 0) is 58.4 Å². The van der Waals surface area contributed by atoms with E-state index in [-0.39, 0.29) is 12.0 Å². The van der Waals surface area contributed by atoms with E-state index in [1.54, 1.807) is 6.26 Å². The fourth-order valence-electron chi connectivity index (χ4n) is 3.71. The third kappa shape index (κ3) is 5.13. The Morgan fingerprint density at radius 3 is 2.59 bits per heavy atom. The number of likely N-dealkylation sites (tertiary alicyclic amines) is 1. The molecule has 3 atom stereocenters. The van der Waals surface area contributed by atoms with Crippen molar-refractivity contribution >= 4 is 6.09 Å². The van der Waals surface area contributed by atoms with Gasteiger partial charge in [0.2, 0.25) is 0 Å². The number of hydrogen-bond acceptors (Lipinski definition) is 4. The topological polar surface area (TPSA) is 54.7 Å². The molecule has 5 heteroatoms. The molecule has 0 aliphatic carbocycles. The number of nitrogens with one attached hydrogen (secondary N) is 1. The van der Waals surface area contributed by atoms with Crippen molar-refractivity contribution in [2.45, 2.75) is 51.8 Å². The minimum atomic E-state index is -0.526. The average molecular weight is 370 g/mol. The molecule has 1 aliphatic heterocycles. The first kappa shape index (κ1) is 19.5. The smallest absolute Gasteiger partial charge is 0.408 e. The third-order valence-corrected chi connectivity index (χ3v) is 5.08. The maximum atomic E-state index is 12.4. The minimum Gasteiger partial charge on any atom is -0.467 e. The van der Waals surface area contributed by atoms with E-state index in [0.29, 0.717) is 6.04 Å². The van der Waals surface area contributed by atoms with Gasteiger partial charge in [-0.15, -0.1) is 0 Å². The van der Waals surface area contributed by atoms with Crippen LogP contribution in [0.2, 0.25) is 0 Å². The van der Waals surface area contributed by atoms with E-state index >= 15 is 0 Å². The molecule has 1 fully saturated rings. The van der Waals surface area contributed by atoms with E-state index in [2.05, 4.69) is 41.4 Å². The second kappa shape index (κ2) is 8.17. The van der Waals surface area contributed by atoms with Crippen LogP contribution >= 0.6 is 0 Å². The van der Waals surface area contributed by atoms with E-state index < -0.39 is 11.7 Å². The monoisotopic (exact) mass is 370 g/mol. The second-order valence-electron chi connectivity index (χ2n) is 8.27. The van der Waals surface area contributed by atoms with Gasteiger partial charge in [-0.3, -0.25) is 4.90 Å². The van der Waals surface area contributed by atoms with Crippen molar-refractivity contribution in [3.63, 3.8) is 0 Å². The van der Waals surface area contributed by atoms with Crippen molar-refractivity contribution in [2.75, 3.05) is 13.1 Å². The molecule has 1 amide bonds. The van der Waals surface area contributed by atoms with Gasteiger partial charge < -0.3 is 14.5 Å². The molecule has 1 aromatic carbocycles. The highest BCUT2D eigenvalue weighted by molar-refractivity contribution is 5.68. The van der Waals surface area contributed by atoms with Gasteiger partial charge in [0.1, 0.15) is 11.4 Å². The maximum Gasteiger partial charge on any atom is 0.408 e. The Morgan fingerprint density at radius 2 is 1.96 bits per heavy atom. The summed E-state index contributed by atoms with van der Waals surface area (Å²) >= 11 is 0. The first-order chi connectivity index (χ1) is 12.8. The van der Waals surface area contributed by atoms with Gasteiger partial charge in [-0.2, -0.15) is 0 Å². The van der Waals surface area contributed by atoms with Crippen LogP contribution < -0.4 is 5.32 Å². The van der Waals surface area contributed by atoms with Gasteiger partial charge in [0.05, 0.1) is 12.3 Å². The van der Waals surface area contributed by atoms with E-state index in [4.69, 9.17) is 9.15 Å². The zero-order valence-electron chi connectivity index (χ0n) is 16.6. The molecule has 2 aromatic rings. The van der Waals surface area contributed by atoms with E-state index in [9.17, 15) is 4.79 Å². The van der Waals surface area contributed by atoms with Gasteiger partial charge >= 0.3 is 6.09 Å². The van der Waals surface area contributed by atoms with Crippen LogP contribution in [0.5, 0.6) is 0 Å².